The van der Waals surface area contributed by atoms with Gasteiger partial charge in [0.2, 0.25) is 0 Å². The second-order valence-electron chi connectivity index (χ2n) is 7.79. The molecule has 0 saturated heterocycles. The molecule has 0 spiro atoms. The molecule has 1 aliphatic heterocycles. The molecular weight excluding hydrogens is 422 g/mol. The van der Waals surface area contributed by atoms with Crippen LogP contribution in [0.25, 0.3) is 11.1 Å². The maximum absolute atomic E-state index is 12.4. The summed E-state index contributed by atoms with van der Waals surface area (Å²) in [7, 11) is 1.49. The molecule has 1 heterocycles. The van der Waals surface area contributed by atoms with Gasteiger partial charge in [-0.1, -0.05) is 12.1 Å². The van der Waals surface area contributed by atoms with Crippen molar-refractivity contribution in [3.8, 4) is 16.9 Å². The fraction of sp³-hybridized carbons (Fsp3) is 0.160. The van der Waals surface area contributed by atoms with Crippen LogP contribution in [0.3, 0.4) is 0 Å². The maximum Gasteiger partial charge on any atom is 0.336 e. The molecule has 8 nitrogen and oxygen atoms in total. The van der Waals surface area contributed by atoms with Gasteiger partial charge in [0.05, 0.1) is 18.2 Å². The Morgan fingerprint density at radius 1 is 1.06 bits per heavy atom. The Morgan fingerprint density at radius 3 is 2.52 bits per heavy atom. The third kappa shape index (κ3) is 4.10. The number of hydrogen-bond donors (Lipinski definition) is 4. The highest BCUT2D eigenvalue weighted by Crippen LogP contribution is 2.37. The van der Waals surface area contributed by atoms with Crippen molar-refractivity contribution >= 4 is 23.5 Å². The molecular formula is C25H23N3O5. The second kappa shape index (κ2) is 8.66. The topological polar surface area (TPSA) is 137 Å². The van der Waals surface area contributed by atoms with Gasteiger partial charge in [0.15, 0.2) is 0 Å². The van der Waals surface area contributed by atoms with Crippen molar-refractivity contribution in [2.75, 3.05) is 18.6 Å². The quantitative estimate of drug-likeness (QED) is 0.322. The van der Waals surface area contributed by atoms with Gasteiger partial charge < -0.3 is 25.6 Å². The zero-order valence-corrected chi connectivity index (χ0v) is 18.0. The van der Waals surface area contributed by atoms with Crippen LogP contribution in [0.4, 0.5) is 5.69 Å². The van der Waals surface area contributed by atoms with E-state index < -0.39 is 11.9 Å². The molecule has 0 amide bonds. The molecule has 3 aromatic carbocycles. The monoisotopic (exact) mass is 445 g/mol. The van der Waals surface area contributed by atoms with Crippen LogP contribution in [0, 0.1) is 5.41 Å². The zero-order chi connectivity index (χ0) is 23.7. The Hall–Kier alpha value is -4.33. The molecule has 0 atom stereocenters. The number of methoxy groups -OCH3 is 1. The number of carbonyl (C=O) groups is 2. The van der Waals surface area contributed by atoms with Crippen LogP contribution in [0.2, 0.25) is 0 Å². The maximum atomic E-state index is 12.4. The van der Waals surface area contributed by atoms with Gasteiger partial charge in [0.25, 0.3) is 0 Å². The SMILES string of the molecule is COc1ccc(-c2cccc(C(=O)O)c2)c(C(=O)O)c1CN1CCc2cc(C(=N)N)ccc21. The van der Waals surface area contributed by atoms with Gasteiger partial charge in [-0.2, -0.15) is 0 Å². The van der Waals surface area contributed by atoms with Crippen LogP contribution < -0.4 is 15.4 Å². The molecule has 3 aromatic rings. The van der Waals surface area contributed by atoms with Crippen molar-refractivity contribution < 1.29 is 24.5 Å². The summed E-state index contributed by atoms with van der Waals surface area (Å²) in [6.45, 7) is 0.974. The van der Waals surface area contributed by atoms with Crippen molar-refractivity contribution in [1.82, 2.24) is 0 Å². The van der Waals surface area contributed by atoms with Crippen LogP contribution in [-0.2, 0) is 13.0 Å². The Bertz CT molecular complexity index is 1290. The van der Waals surface area contributed by atoms with Crippen LogP contribution in [0.5, 0.6) is 5.75 Å². The van der Waals surface area contributed by atoms with E-state index in [1.165, 1.54) is 19.2 Å². The summed E-state index contributed by atoms with van der Waals surface area (Å²) >= 11 is 0. The van der Waals surface area contributed by atoms with Crippen LogP contribution in [0.15, 0.2) is 54.6 Å². The summed E-state index contributed by atoms with van der Waals surface area (Å²) in [5, 5.41) is 27.1. The second-order valence-corrected chi connectivity index (χ2v) is 7.79. The van der Waals surface area contributed by atoms with Crippen molar-refractivity contribution in [3.05, 3.63) is 82.4 Å². The van der Waals surface area contributed by atoms with Crippen molar-refractivity contribution in [1.29, 1.82) is 5.41 Å². The largest absolute Gasteiger partial charge is 0.496 e. The number of amidine groups is 1. The van der Waals surface area contributed by atoms with Gasteiger partial charge >= 0.3 is 11.9 Å². The highest BCUT2D eigenvalue weighted by molar-refractivity contribution is 6.00. The molecule has 33 heavy (non-hydrogen) atoms. The van der Waals surface area contributed by atoms with E-state index in [0.29, 0.717) is 41.1 Å². The molecule has 0 aromatic heterocycles. The first-order chi connectivity index (χ1) is 15.8. The summed E-state index contributed by atoms with van der Waals surface area (Å²) in [5.41, 5.74) is 9.85. The van der Waals surface area contributed by atoms with E-state index in [-0.39, 0.29) is 17.0 Å². The lowest BCUT2D eigenvalue weighted by molar-refractivity contribution is 0.0686. The number of carboxylic acids is 2. The number of aromatic carboxylic acids is 2. The molecule has 0 aliphatic carbocycles. The molecule has 0 unspecified atom stereocenters. The summed E-state index contributed by atoms with van der Waals surface area (Å²) < 4.78 is 5.51. The van der Waals surface area contributed by atoms with Gasteiger partial charge in [-0.05, 0) is 65.6 Å². The van der Waals surface area contributed by atoms with Gasteiger partial charge in [-0.25, -0.2) is 9.59 Å². The van der Waals surface area contributed by atoms with E-state index in [4.69, 9.17) is 15.9 Å². The number of anilines is 1. The average Bonchev–Trinajstić information content (AvgIpc) is 3.20. The summed E-state index contributed by atoms with van der Waals surface area (Å²) in [4.78, 5) is 25.9. The minimum Gasteiger partial charge on any atom is -0.496 e. The van der Waals surface area contributed by atoms with Crippen LogP contribution in [0.1, 0.15) is 37.4 Å². The number of hydrogen-bond acceptors (Lipinski definition) is 5. The average molecular weight is 445 g/mol. The minimum absolute atomic E-state index is 0.00220. The molecule has 0 fully saturated rings. The molecule has 4 rings (SSSR count). The molecule has 1 aliphatic rings. The highest BCUT2D eigenvalue weighted by atomic mass is 16.5. The first kappa shape index (κ1) is 21.9. The normalized spacial score (nSPS) is 12.3. The van der Waals surface area contributed by atoms with Crippen molar-refractivity contribution in [2.24, 2.45) is 5.73 Å². The molecule has 168 valence electrons. The number of ether oxygens (including phenoxy) is 1. The summed E-state index contributed by atoms with van der Waals surface area (Å²) in [6.07, 6.45) is 0.752. The Kier molecular flexibility index (Phi) is 5.74. The van der Waals surface area contributed by atoms with E-state index in [2.05, 4.69) is 4.90 Å². The van der Waals surface area contributed by atoms with E-state index in [9.17, 15) is 19.8 Å². The first-order valence-corrected chi connectivity index (χ1v) is 10.3. The molecule has 8 heteroatoms. The van der Waals surface area contributed by atoms with E-state index in [1.54, 1.807) is 30.3 Å². The molecule has 0 saturated carbocycles. The number of nitrogens with two attached hydrogens (primary N) is 1. The molecule has 0 radical (unpaired) electrons. The fourth-order valence-corrected chi connectivity index (χ4v) is 4.27. The standard InChI is InChI=1S/C25H23N3O5/c1-33-21-8-6-18(14-3-2-4-17(11-14)24(29)30)22(25(31)32)19(21)13-28-10-9-15-12-16(23(26)27)5-7-20(15)28/h2-8,11-12H,9-10,13H2,1H3,(H3,26,27)(H,29,30)(H,31,32). The van der Waals surface area contributed by atoms with E-state index in [1.807, 2.05) is 12.1 Å². The van der Waals surface area contributed by atoms with E-state index in [0.717, 1.165) is 17.7 Å². The highest BCUT2D eigenvalue weighted by Gasteiger charge is 2.26. The number of nitrogens with zero attached hydrogens (tertiary/aromatic N) is 1. The number of benzene rings is 3. The first-order valence-electron chi connectivity index (χ1n) is 10.3. The zero-order valence-electron chi connectivity index (χ0n) is 18.0. The van der Waals surface area contributed by atoms with Crippen molar-refractivity contribution in [2.45, 2.75) is 13.0 Å². The third-order valence-corrected chi connectivity index (χ3v) is 5.86. The lowest BCUT2D eigenvalue weighted by Crippen LogP contribution is -2.22. The summed E-state index contributed by atoms with van der Waals surface area (Å²) in [5.74, 6) is -1.76. The third-order valence-electron chi connectivity index (χ3n) is 5.86. The Morgan fingerprint density at radius 2 is 1.85 bits per heavy atom. The number of nitrogens with one attached hydrogen (secondary N) is 1. The molecule has 0 bridgehead atoms. The van der Waals surface area contributed by atoms with Crippen molar-refractivity contribution in [3.63, 3.8) is 0 Å². The van der Waals surface area contributed by atoms with Crippen LogP contribution >= 0.6 is 0 Å². The molecule has 5 N–H and O–H groups in total. The number of carboxylic acid groups (broad SMARTS) is 2. The lowest BCUT2D eigenvalue weighted by Gasteiger charge is -2.23. The summed E-state index contributed by atoms with van der Waals surface area (Å²) in [6, 6.07) is 15.1. The number of fused-ring (bicyclic) bond motifs is 1. The fourth-order valence-electron chi connectivity index (χ4n) is 4.27. The number of rotatable bonds is 7. The predicted octanol–water partition coefficient (Wildman–Crippen LogP) is 3.61. The van der Waals surface area contributed by atoms with Gasteiger partial charge in [0.1, 0.15) is 11.6 Å². The lowest BCUT2D eigenvalue weighted by atomic mass is 9.93. The Balaban J connectivity index is 1.80. The van der Waals surface area contributed by atoms with Gasteiger partial charge in [0, 0.05) is 29.9 Å². The Labute approximate surface area is 190 Å². The number of nitrogen functional groups attached to an aromatic ring is 1. The van der Waals surface area contributed by atoms with Gasteiger partial charge in [-0.15, -0.1) is 0 Å². The van der Waals surface area contributed by atoms with E-state index >= 15 is 0 Å². The predicted molar refractivity (Wildman–Crippen MR) is 125 cm³/mol. The van der Waals surface area contributed by atoms with Gasteiger partial charge in [-0.3, -0.25) is 5.41 Å². The minimum atomic E-state index is -1.12. The van der Waals surface area contributed by atoms with Crippen LogP contribution in [-0.4, -0.2) is 41.6 Å². The smallest absolute Gasteiger partial charge is 0.336 e.